The monoisotopic (exact) mass is 287 g/mol. The van der Waals surface area contributed by atoms with Gasteiger partial charge in [0.15, 0.2) is 0 Å². The molecule has 0 saturated carbocycles. The minimum Gasteiger partial charge on any atom is -0.361 e. The van der Waals surface area contributed by atoms with Gasteiger partial charge < -0.3 is 9.84 Å². The highest BCUT2D eigenvalue weighted by Gasteiger charge is 2.25. The lowest BCUT2D eigenvalue weighted by molar-refractivity contribution is 0.102. The molecular formula is C14H13N3O2S. The van der Waals surface area contributed by atoms with E-state index in [-0.39, 0.29) is 5.91 Å². The second-order valence-corrected chi connectivity index (χ2v) is 5.93. The van der Waals surface area contributed by atoms with Crippen molar-refractivity contribution < 1.29 is 9.32 Å². The Bertz CT molecular complexity index is 717. The van der Waals surface area contributed by atoms with Crippen LogP contribution in [-0.4, -0.2) is 11.1 Å². The van der Waals surface area contributed by atoms with E-state index in [0.717, 1.165) is 24.8 Å². The Morgan fingerprint density at radius 1 is 1.45 bits per heavy atom. The van der Waals surface area contributed by atoms with Crippen molar-refractivity contribution in [3.63, 3.8) is 0 Å². The van der Waals surface area contributed by atoms with E-state index in [1.807, 2.05) is 0 Å². The molecule has 0 radical (unpaired) electrons. The molecule has 1 amide bonds. The molecule has 0 unspecified atom stereocenters. The summed E-state index contributed by atoms with van der Waals surface area (Å²) in [5, 5.41) is 16.5. The Kier molecular flexibility index (Phi) is 3.07. The molecule has 2 heterocycles. The molecule has 20 heavy (non-hydrogen) atoms. The number of amides is 1. The molecule has 0 bridgehead atoms. The summed E-state index contributed by atoms with van der Waals surface area (Å²) in [6.07, 6.45) is 3.01. The average molecular weight is 287 g/mol. The largest absolute Gasteiger partial charge is 0.361 e. The molecule has 0 aliphatic heterocycles. The number of thiophene rings is 1. The second kappa shape index (κ2) is 4.76. The highest BCUT2D eigenvalue weighted by Crippen LogP contribution is 2.38. The molecule has 0 saturated heterocycles. The molecule has 1 aliphatic carbocycles. The van der Waals surface area contributed by atoms with Gasteiger partial charge in [-0.15, -0.1) is 11.3 Å². The lowest BCUT2D eigenvalue weighted by Crippen LogP contribution is -2.13. The number of carbonyl (C=O) groups excluding carboxylic acids is 1. The molecule has 1 aliphatic rings. The topological polar surface area (TPSA) is 78.9 Å². The van der Waals surface area contributed by atoms with E-state index in [9.17, 15) is 10.1 Å². The fourth-order valence-corrected chi connectivity index (χ4v) is 3.82. The first-order chi connectivity index (χ1) is 9.61. The molecule has 0 fully saturated rings. The summed E-state index contributed by atoms with van der Waals surface area (Å²) >= 11 is 1.51. The summed E-state index contributed by atoms with van der Waals surface area (Å²) in [5.74, 6) is 0.222. The number of hydrogen-bond donors (Lipinski definition) is 1. The Balaban J connectivity index is 1.93. The number of aromatic nitrogens is 1. The predicted octanol–water partition coefficient (Wildman–Crippen LogP) is 2.97. The number of anilines is 1. The Morgan fingerprint density at radius 2 is 2.25 bits per heavy atom. The van der Waals surface area contributed by atoms with Gasteiger partial charge in [-0.25, -0.2) is 0 Å². The summed E-state index contributed by atoms with van der Waals surface area (Å²) in [6.45, 7) is 3.43. The van der Waals surface area contributed by atoms with Crippen LogP contribution in [0.3, 0.4) is 0 Å². The molecular weight excluding hydrogens is 274 g/mol. The zero-order chi connectivity index (χ0) is 14.3. The summed E-state index contributed by atoms with van der Waals surface area (Å²) in [4.78, 5) is 13.5. The molecule has 5 nitrogen and oxygen atoms in total. The van der Waals surface area contributed by atoms with Gasteiger partial charge in [0.05, 0.1) is 11.3 Å². The molecule has 3 rings (SSSR count). The quantitative estimate of drug-likeness (QED) is 0.921. The number of hydrogen-bond acceptors (Lipinski definition) is 5. The van der Waals surface area contributed by atoms with E-state index in [1.165, 1.54) is 16.2 Å². The van der Waals surface area contributed by atoms with Crippen LogP contribution in [0.15, 0.2) is 4.52 Å². The van der Waals surface area contributed by atoms with Gasteiger partial charge in [0, 0.05) is 4.88 Å². The van der Waals surface area contributed by atoms with E-state index in [2.05, 4.69) is 16.5 Å². The van der Waals surface area contributed by atoms with Crippen LogP contribution in [0.1, 0.15) is 44.2 Å². The number of aryl methyl sites for hydroxylation is 3. The van der Waals surface area contributed by atoms with Crippen molar-refractivity contribution in [2.75, 3.05) is 5.32 Å². The molecule has 0 aromatic carbocycles. The lowest BCUT2D eigenvalue weighted by atomic mass is 10.1. The SMILES string of the molecule is Cc1noc(C)c1C(=O)Nc1sc2c(c1C#N)CCC2. The van der Waals surface area contributed by atoms with Crippen LogP contribution in [0.5, 0.6) is 0 Å². The van der Waals surface area contributed by atoms with Crippen LogP contribution in [0.4, 0.5) is 5.00 Å². The third-order valence-electron chi connectivity index (χ3n) is 3.52. The first-order valence-electron chi connectivity index (χ1n) is 6.40. The number of nitrogens with zero attached hydrogens (tertiary/aromatic N) is 2. The third-order valence-corrected chi connectivity index (χ3v) is 4.73. The van der Waals surface area contributed by atoms with E-state index in [1.54, 1.807) is 13.8 Å². The number of nitriles is 1. The zero-order valence-electron chi connectivity index (χ0n) is 11.2. The van der Waals surface area contributed by atoms with Crippen molar-refractivity contribution >= 4 is 22.2 Å². The molecule has 2 aromatic rings. The Labute approximate surface area is 120 Å². The zero-order valence-corrected chi connectivity index (χ0v) is 12.1. The van der Waals surface area contributed by atoms with Gasteiger partial charge in [-0.05, 0) is 38.7 Å². The summed E-state index contributed by atoms with van der Waals surface area (Å²) in [5.41, 5.74) is 2.72. The van der Waals surface area contributed by atoms with Crippen molar-refractivity contribution in [1.82, 2.24) is 5.16 Å². The predicted molar refractivity (Wildman–Crippen MR) is 75.0 cm³/mol. The van der Waals surface area contributed by atoms with E-state index in [0.29, 0.717) is 27.6 Å². The fourth-order valence-electron chi connectivity index (χ4n) is 2.58. The van der Waals surface area contributed by atoms with Gasteiger partial charge in [-0.2, -0.15) is 5.26 Å². The highest BCUT2D eigenvalue weighted by atomic mass is 32.1. The summed E-state index contributed by atoms with van der Waals surface area (Å²) in [6, 6.07) is 2.21. The van der Waals surface area contributed by atoms with Crippen LogP contribution in [-0.2, 0) is 12.8 Å². The normalized spacial score (nSPS) is 13.1. The average Bonchev–Trinajstić information content (AvgIpc) is 3.04. The van der Waals surface area contributed by atoms with Gasteiger partial charge in [-0.3, -0.25) is 4.79 Å². The van der Waals surface area contributed by atoms with Gasteiger partial charge in [-0.1, -0.05) is 5.16 Å². The highest BCUT2D eigenvalue weighted by molar-refractivity contribution is 7.16. The van der Waals surface area contributed by atoms with Crippen molar-refractivity contribution in [2.24, 2.45) is 0 Å². The number of fused-ring (bicyclic) bond motifs is 1. The minimum absolute atomic E-state index is 0.266. The molecule has 0 atom stereocenters. The number of carbonyl (C=O) groups is 1. The van der Waals surface area contributed by atoms with Gasteiger partial charge in [0.25, 0.3) is 5.91 Å². The Morgan fingerprint density at radius 3 is 2.90 bits per heavy atom. The minimum atomic E-state index is -0.266. The maximum atomic E-state index is 12.3. The second-order valence-electron chi connectivity index (χ2n) is 4.83. The first kappa shape index (κ1) is 12.9. The van der Waals surface area contributed by atoms with Crippen LogP contribution in [0.25, 0.3) is 0 Å². The van der Waals surface area contributed by atoms with Gasteiger partial charge in [0.2, 0.25) is 0 Å². The smallest absolute Gasteiger partial charge is 0.261 e. The molecule has 0 spiro atoms. The molecule has 6 heteroatoms. The van der Waals surface area contributed by atoms with Crippen LogP contribution in [0.2, 0.25) is 0 Å². The lowest BCUT2D eigenvalue weighted by Gasteiger charge is -2.03. The van der Waals surface area contributed by atoms with Crippen LogP contribution >= 0.6 is 11.3 Å². The van der Waals surface area contributed by atoms with Crippen LogP contribution < -0.4 is 5.32 Å². The summed E-state index contributed by atoms with van der Waals surface area (Å²) in [7, 11) is 0. The molecule has 1 N–H and O–H groups in total. The van der Waals surface area contributed by atoms with Crippen LogP contribution in [0, 0.1) is 25.2 Å². The van der Waals surface area contributed by atoms with Crippen molar-refractivity contribution in [3.8, 4) is 6.07 Å². The fraction of sp³-hybridized carbons (Fsp3) is 0.357. The van der Waals surface area contributed by atoms with E-state index in [4.69, 9.17) is 4.52 Å². The van der Waals surface area contributed by atoms with E-state index < -0.39 is 0 Å². The van der Waals surface area contributed by atoms with E-state index >= 15 is 0 Å². The van der Waals surface area contributed by atoms with Gasteiger partial charge in [0.1, 0.15) is 22.4 Å². The third kappa shape index (κ3) is 1.91. The number of nitrogens with one attached hydrogen (secondary N) is 1. The summed E-state index contributed by atoms with van der Waals surface area (Å²) < 4.78 is 5.00. The Hall–Kier alpha value is -2.13. The molecule has 2 aromatic heterocycles. The van der Waals surface area contributed by atoms with Gasteiger partial charge >= 0.3 is 0 Å². The maximum Gasteiger partial charge on any atom is 0.261 e. The first-order valence-corrected chi connectivity index (χ1v) is 7.22. The van der Waals surface area contributed by atoms with Crippen molar-refractivity contribution in [2.45, 2.75) is 33.1 Å². The standard InChI is InChI=1S/C14H13N3O2S/c1-7-12(8(2)19-17-7)13(18)16-14-10(6-15)9-4-3-5-11(9)20-14/h3-5H2,1-2H3,(H,16,18). The molecule has 102 valence electrons. The van der Waals surface area contributed by atoms with Crippen molar-refractivity contribution in [1.29, 1.82) is 5.26 Å². The van der Waals surface area contributed by atoms with Crippen molar-refractivity contribution in [3.05, 3.63) is 33.0 Å². The number of rotatable bonds is 2. The maximum absolute atomic E-state index is 12.3.